The van der Waals surface area contributed by atoms with Crippen LogP contribution in [0, 0.1) is 0 Å². The number of hydrogen-bond acceptors (Lipinski definition) is 2. The Morgan fingerprint density at radius 3 is 2.67 bits per heavy atom. The summed E-state index contributed by atoms with van der Waals surface area (Å²) in [4.78, 5) is 0.417. The van der Waals surface area contributed by atoms with Gasteiger partial charge >= 0.3 is 0 Å². The molecule has 0 amide bonds. The third-order valence-electron chi connectivity index (χ3n) is 3.95. The van der Waals surface area contributed by atoms with Gasteiger partial charge < -0.3 is 11.1 Å². The molecule has 2 aromatic carbocycles. The van der Waals surface area contributed by atoms with Crippen molar-refractivity contribution < 1.29 is 0 Å². The Morgan fingerprint density at radius 1 is 1.19 bits per heavy atom. The lowest BCUT2D eigenvalue weighted by Crippen LogP contribution is -2.27. The van der Waals surface area contributed by atoms with Gasteiger partial charge in [-0.3, -0.25) is 0 Å². The highest BCUT2D eigenvalue weighted by molar-refractivity contribution is 9.10. The van der Waals surface area contributed by atoms with Crippen molar-refractivity contribution >= 4 is 38.8 Å². The second kappa shape index (κ2) is 6.16. The number of nitrogens with one attached hydrogen (secondary N) is 1. The lowest BCUT2D eigenvalue weighted by Gasteiger charge is -2.26. The van der Waals surface area contributed by atoms with Gasteiger partial charge in [0.05, 0.1) is 0 Å². The zero-order valence-corrected chi connectivity index (χ0v) is 14.0. The molecule has 0 aromatic heterocycles. The first-order chi connectivity index (χ1) is 10.1. The Morgan fingerprint density at radius 2 is 1.95 bits per heavy atom. The minimum Gasteiger partial charge on any atom is -0.389 e. The molecule has 1 aliphatic carbocycles. The molecule has 3 N–H and O–H groups in total. The van der Waals surface area contributed by atoms with Crippen molar-refractivity contribution in [1.82, 2.24) is 0 Å². The van der Waals surface area contributed by atoms with Crippen LogP contribution in [0.4, 0.5) is 5.69 Å². The SMILES string of the molecule is NC(=S)c1ccc(NC2CCc3ccccc3C2)cc1Br. The van der Waals surface area contributed by atoms with Gasteiger partial charge in [-0.2, -0.15) is 0 Å². The van der Waals surface area contributed by atoms with Crippen LogP contribution in [0.3, 0.4) is 0 Å². The lowest BCUT2D eigenvalue weighted by molar-refractivity contribution is 0.611. The van der Waals surface area contributed by atoms with E-state index in [2.05, 4.69) is 51.6 Å². The normalized spacial score (nSPS) is 17.1. The van der Waals surface area contributed by atoms with Crippen LogP contribution in [0.5, 0.6) is 0 Å². The van der Waals surface area contributed by atoms with E-state index in [0.29, 0.717) is 11.0 Å². The summed E-state index contributed by atoms with van der Waals surface area (Å²) < 4.78 is 0.941. The number of aryl methyl sites for hydroxylation is 1. The van der Waals surface area contributed by atoms with E-state index in [-0.39, 0.29) is 0 Å². The summed E-state index contributed by atoms with van der Waals surface area (Å²) in [6.07, 6.45) is 3.37. The predicted octanol–water partition coefficient (Wildman–Crippen LogP) is 4.05. The Kier molecular flexibility index (Phi) is 4.27. The maximum absolute atomic E-state index is 5.68. The predicted molar refractivity (Wildman–Crippen MR) is 95.9 cm³/mol. The van der Waals surface area contributed by atoms with E-state index in [4.69, 9.17) is 18.0 Å². The molecule has 0 saturated carbocycles. The number of fused-ring (bicyclic) bond motifs is 1. The van der Waals surface area contributed by atoms with Gasteiger partial charge in [-0.15, -0.1) is 0 Å². The molecule has 0 heterocycles. The fraction of sp³-hybridized carbons (Fsp3) is 0.235. The summed E-state index contributed by atoms with van der Waals surface area (Å²) in [7, 11) is 0. The van der Waals surface area contributed by atoms with Crippen molar-refractivity contribution in [3.8, 4) is 0 Å². The number of thiocarbonyl (C=S) groups is 1. The van der Waals surface area contributed by atoms with Crippen LogP contribution in [0.15, 0.2) is 46.9 Å². The highest BCUT2D eigenvalue weighted by atomic mass is 79.9. The summed E-state index contributed by atoms with van der Waals surface area (Å²) in [6.45, 7) is 0. The second-order valence-electron chi connectivity index (χ2n) is 5.41. The van der Waals surface area contributed by atoms with E-state index in [0.717, 1.165) is 35.0 Å². The smallest absolute Gasteiger partial charge is 0.105 e. The standard InChI is InChI=1S/C17H17BrN2S/c18-16-10-14(7-8-15(16)17(19)21)20-13-6-5-11-3-1-2-4-12(11)9-13/h1-4,7-8,10,13,20H,5-6,9H2,(H2,19,21). The molecule has 1 unspecified atom stereocenters. The zero-order chi connectivity index (χ0) is 14.8. The molecule has 3 rings (SSSR count). The van der Waals surface area contributed by atoms with Gasteiger partial charge in [-0.25, -0.2) is 0 Å². The summed E-state index contributed by atoms with van der Waals surface area (Å²) in [6, 6.07) is 15.2. The largest absolute Gasteiger partial charge is 0.389 e. The summed E-state index contributed by atoms with van der Waals surface area (Å²) in [5.74, 6) is 0. The van der Waals surface area contributed by atoms with Gasteiger partial charge in [-0.1, -0.05) is 36.5 Å². The van der Waals surface area contributed by atoms with E-state index in [1.165, 1.54) is 11.1 Å². The van der Waals surface area contributed by atoms with Gasteiger partial charge in [-0.05, 0) is 64.5 Å². The number of anilines is 1. The van der Waals surface area contributed by atoms with Gasteiger partial charge in [0.15, 0.2) is 0 Å². The third-order valence-corrected chi connectivity index (χ3v) is 4.83. The molecular formula is C17H17BrN2S. The van der Waals surface area contributed by atoms with Crippen molar-refractivity contribution in [1.29, 1.82) is 0 Å². The fourth-order valence-electron chi connectivity index (χ4n) is 2.86. The Hall–Kier alpha value is -1.39. The Bertz CT molecular complexity index is 684. The molecule has 4 heteroatoms. The summed E-state index contributed by atoms with van der Waals surface area (Å²) in [5.41, 5.74) is 10.6. The molecule has 0 saturated heterocycles. The van der Waals surface area contributed by atoms with Crippen molar-refractivity contribution in [2.24, 2.45) is 5.73 Å². The Labute approximate surface area is 138 Å². The highest BCUT2D eigenvalue weighted by Gasteiger charge is 2.18. The Balaban J connectivity index is 1.73. The van der Waals surface area contributed by atoms with Crippen molar-refractivity contribution in [3.63, 3.8) is 0 Å². The van der Waals surface area contributed by atoms with Crippen LogP contribution in [-0.4, -0.2) is 11.0 Å². The second-order valence-corrected chi connectivity index (χ2v) is 6.71. The van der Waals surface area contributed by atoms with Gasteiger partial charge in [0, 0.05) is 21.8 Å². The molecule has 1 atom stereocenters. The van der Waals surface area contributed by atoms with Crippen LogP contribution in [0.2, 0.25) is 0 Å². The number of hydrogen-bond donors (Lipinski definition) is 2. The average molecular weight is 361 g/mol. The van der Waals surface area contributed by atoms with Crippen LogP contribution < -0.4 is 11.1 Å². The fourth-order valence-corrected chi connectivity index (χ4v) is 3.76. The maximum atomic E-state index is 5.68. The molecule has 2 nitrogen and oxygen atoms in total. The molecule has 2 aromatic rings. The topological polar surface area (TPSA) is 38.0 Å². The minimum absolute atomic E-state index is 0.417. The molecule has 0 bridgehead atoms. The van der Waals surface area contributed by atoms with E-state index >= 15 is 0 Å². The van der Waals surface area contributed by atoms with Gasteiger partial charge in [0.25, 0.3) is 0 Å². The molecule has 0 spiro atoms. The monoisotopic (exact) mass is 360 g/mol. The van der Waals surface area contributed by atoms with Crippen LogP contribution in [-0.2, 0) is 12.8 Å². The number of halogens is 1. The minimum atomic E-state index is 0.417. The first-order valence-corrected chi connectivity index (χ1v) is 8.26. The van der Waals surface area contributed by atoms with E-state index in [1.54, 1.807) is 0 Å². The molecular weight excluding hydrogens is 344 g/mol. The molecule has 108 valence electrons. The van der Waals surface area contributed by atoms with Crippen molar-refractivity contribution in [3.05, 3.63) is 63.6 Å². The summed E-state index contributed by atoms with van der Waals surface area (Å²) in [5, 5.41) is 3.61. The third kappa shape index (κ3) is 3.27. The maximum Gasteiger partial charge on any atom is 0.105 e. The zero-order valence-electron chi connectivity index (χ0n) is 11.6. The van der Waals surface area contributed by atoms with Gasteiger partial charge in [0.2, 0.25) is 0 Å². The highest BCUT2D eigenvalue weighted by Crippen LogP contribution is 2.26. The molecule has 0 fully saturated rings. The first-order valence-electron chi connectivity index (χ1n) is 7.06. The first kappa shape index (κ1) is 14.5. The van der Waals surface area contributed by atoms with E-state index in [1.807, 2.05) is 12.1 Å². The van der Waals surface area contributed by atoms with Gasteiger partial charge in [0.1, 0.15) is 4.99 Å². The van der Waals surface area contributed by atoms with Crippen molar-refractivity contribution in [2.75, 3.05) is 5.32 Å². The van der Waals surface area contributed by atoms with E-state index in [9.17, 15) is 0 Å². The number of nitrogens with two attached hydrogens (primary N) is 1. The summed E-state index contributed by atoms with van der Waals surface area (Å²) >= 11 is 8.56. The van der Waals surface area contributed by atoms with E-state index < -0.39 is 0 Å². The molecule has 0 radical (unpaired) electrons. The molecule has 0 aliphatic heterocycles. The quantitative estimate of drug-likeness (QED) is 0.810. The molecule has 1 aliphatic rings. The van der Waals surface area contributed by atoms with Crippen LogP contribution in [0.25, 0.3) is 0 Å². The molecule has 21 heavy (non-hydrogen) atoms. The lowest BCUT2D eigenvalue weighted by atomic mass is 9.88. The van der Waals surface area contributed by atoms with Crippen LogP contribution in [0.1, 0.15) is 23.1 Å². The average Bonchev–Trinajstić information content (AvgIpc) is 2.47. The van der Waals surface area contributed by atoms with Crippen LogP contribution >= 0.6 is 28.1 Å². The number of benzene rings is 2. The number of rotatable bonds is 3. The van der Waals surface area contributed by atoms with Crippen molar-refractivity contribution in [2.45, 2.75) is 25.3 Å².